The van der Waals surface area contributed by atoms with E-state index in [4.69, 9.17) is 4.52 Å². The maximum Gasteiger partial charge on any atom is 0.232 e. The Kier molecular flexibility index (Phi) is 2.36. The largest absolute Gasteiger partial charge is 0.339 e. The summed E-state index contributed by atoms with van der Waals surface area (Å²) in [4.78, 5) is 4.13. The highest BCUT2D eigenvalue weighted by molar-refractivity contribution is 5.54. The van der Waals surface area contributed by atoms with Crippen molar-refractivity contribution in [1.29, 1.82) is 0 Å². The standard InChI is InChI=1S/C11H9F2N3O/c12-8-1-6(2-9(13)3-8)10-15-11(17-16-10)7-4-14-5-7/h1-3,7,14H,4-5H2. The van der Waals surface area contributed by atoms with Crippen LogP contribution in [-0.4, -0.2) is 23.2 Å². The molecule has 1 aliphatic rings. The fourth-order valence-corrected chi connectivity index (χ4v) is 1.66. The Bertz CT molecular complexity index is 531. The number of aromatic nitrogens is 2. The molecular weight excluding hydrogens is 228 g/mol. The Labute approximate surface area is 95.6 Å². The van der Waals surface area contributed by atoms with Crippen molar-refractivity contribution in [2.45, 2.75) is 5.92 Å². The van der Waals surface area contributed by atoms with Gasteiger partial charge in [-0.15, -0.1) is 0 Å². The molecular formula is C11H9F2N3O. The Balaban J connectivity index is 1.94. The summed E-state index contributed by atoms with van der Waals surface area (Å²) in [5.41, 5.74) is 0.282. The van der Waals surface area contributed by atoms with Crippen LogP contribution < -0.4 is 5.32 Å². The Hall–Kier alpha value is -1.82. The van der Waals surface area contributed by atoms with E-state index in [0.717, 1.165) is 19.2 Å². The summed E-state index contributed by atoms with van der Waals surface area (Å²) in [7, 11) is 0. The van der Waals surface area contributed by atoms with Gasteiger partial charge in [0.15, 0.2) is 0 Å². The summed E-state index contributed by atoms with van der Waals surface area (Å²) >= 11 is 0. The summed E-state index contributed by atoms with van der Waals surface area (Å²) < 4.78 is 31.1. The van der Waals surface area contributed by atoms with Crippen molar-refractivity contribution < 1.29 is 13.3 Å². The zero-order valence-electron chi connectivity index (χ0n) is 8.78. The first-order chi connectivity index (χ1) is 8.22. The van der Waals surface area contributed by atoms with Crippen LogP contribution in [0, 0.1) is 11.6 Å². The molecule has 0 saturated carbocycles. The van der Waals surface area contributed by atoms with Gasteiger partial charge in [-0.3, -0.25) is 0 Å². The van der Waals surface area contributed by atoms with Gasteiger partial charge in [0.2, 0.25) is 11.7 Å². The van der Waals surface area contributed by atoms with Crippen LogP contribution in [-0.2, 0) is 0 Å². The molecule has 0 atom stereocenters. The van der Waals surface area contributed by atoms with Crippen LogP contribution >= 0.6 is 0 Å². The molecule has 1 aromatic heterocycles. The van der Waals surface area contributed by atoms with Crippen molar-refractivity contribution in [2.24, 2.45) is 0 Å². The molecule has 1 aromatic carbocycles. The van der Waals surface area contributed by atoms with Gasteiger partial charge in [0, 0.05) is 24.7 Å². The molecule has 4 nitrogen and oxygen atoms in total. The van der Waals surface area contributed by atoms with Crippen molar-refractivity contribution in [2.75, 3.05) is 13.1 Å². The first-order valence-electron chi connectivity index (χ1n) is 5.23. The van der Waals surface area contributed by atoms with Gasteiger partial charge in [-0.05, 0) is 12.1 Å². The number of nitrogens with zero attached hydrogens (tertiary/aromatic N) is 2. The minimum atomic E-state index is -0.656. The Morgan fingerprint density at radius 3 is 2.47 bits per heavy atom. The van der Waals surface area contributed by atoms with E-state index in [-0.39, 0.29) is 17.3 Å². The minimum absolute atomic E-state index is 0.203. The maximum absolute atomic E-state index is 13.0. The lowest BCUT2D eigenvalue weighted by atomic mass is 10.0. The maximum atomic E-state index is 13.0. The highest BCUT2D eigenvalue weighted by Crippen LogP contribution is 2.23. The van der Waals surface area contributed by atoms with E-state index in [1.165, 1.54) is 12.1 Å². The number of hydrogen-bond donors (Lipinski definition) is 1. The number of hydrogen-bond acceptors (Lipinski definition) is 4. The van der Waals surface area contributed by atoms with E-state index in [0.29, 0.717) is 5.89 Å². The Morgan fingerprint density at radius 1 is 1.18 bits per heavy atom. The summed E-state index contributed by atoms with van der Waals surface area (Å²) in [6.45, 7) is 1.58. The fourth-order valence-electron chi connectivity index (χ4n) is 1.66. The summed E-state index contributed by atoms with van der Waals surface area (Å²) in [5, 5.41) is 6.80. The predicted molar refractivity (Wildman–Crippen MR) is 55.3 cm³/mol. The number of benzene rings is 1. The normalized spacial score (nSPS) is 15.9. The zero-order chi connectivity index (χ0) is 11.8. The van der Waals surface area contributed by atoms with Crippen LogP contribution in [0.1, 0.15) is 11.8 Å². The van der Waals surface area contributed by atoms with E-state index < -0.39 is 11.6 Å². The van der Waals surface area contributed by atoms with Gasteiger partial charge in [0.1, 0.15) is 11.6 Å². The molecule has 0 bridgehead atoms. The molecule has 0 amide bonds. The van der Waals surface area contributed by atoms with Gasteiger partial charge in [-0.25, -0.2) is 8.78 Å². The zero-order valence-corrected chi connectivity index (χ0v) is 8.78. The van der Waals surface area contributed by atoms with Crippen LogP contribution in [0.15, 0.2) is 22.7 Å². The van der Waals surface area contributed by atoms with Gasteiger partial charge in [0.25, 0.3) is 0 Å². The number of rotatable bonds is 2. The molecule has 1 N–H and O–H groups in total. The lowest BCUT2D eigenvalue weighted by Crippen LogP contribution is -2.40. The first kappa shape index (κ1) is 10.3. The van der Waals surface area contributed by atoms with Gasteiger partial charge < -0.3 is 9.84 Å². The molecule has 17 heavy (non-hydrogen) atoms. The smallest absolute Gasteiger partial charge is 0.232 e. The SMILES string of the molecule is Fc1cc(F)cc(-c2noc(C3CNC3)n2)c1. The van der Waals surface area contributed by atoms with E-state index in [1.807, 2.05) is 0 Å². The summed E-state index contributed by atoms with van der Waals surface area (Å²) in [5.74, 6) is -0.392. The highest BCUT2D eigenvalue weighted by atomic mass is 19.1. The molecule has 0 unspecified atom stereocenters. The fraction of sp³-hybridized carbons (Fsp3) is 0.273. The van der Waals surface area contributed by atoms with Crippen LogP contribution in [0.4, 0.5) is 8.78 Å². The third-order valence-electron chi connectivity index (χ3n) is 2.69. The summed E-state index contributed by atoms with van der Waals surface area (Å²) in [6.07, 6.45) is 0. The molecule has 0 spiro atoms. The second-order valence-corrected chi connectivity index (χ2v) is 3.97. The monoisotopic (exact) mass is 237 g/mol. The molecule has 0 radical (unpaired) electrons. The van der Waals surface area contributed by atoms with Crippen molar-refractivity contribution in [3.8, 4) is 11.4 Å². The van der Waals surface area contributed by atoms with E-state index >= 15 is 0 Å². The molecule has 1 saturated heterocycles. The second-order valence-electron chi connectivity index (χ2n) is 3.97. The van der Waals surface area contributed by atoms with E-state index in [1.54, 1.807) is 0 Å². The van der Waals surface area contributed by atoms with E-state index in [2.05, 4.69) is 15.5 Å². The number of halogens is 2. The van der Waals surface area contributed by atoms with Crippen molar-refractivity contribution in [1.82, 2.24) is 15.5 Å². The average molecular weight is 237 g/mol. The lowest BCUT2D eigenvalue weighted by molar-refractivity contribution is 0.308. The molecule has 1 fully saturated rings. The van der Waals surface area contributed by atoms with Gasteiger partial charge >= 0.3 is 0 Å². The van der Waals surface area contributed by atoms with Crippen molar-refractivity contribution >= 4 is 0 Å². The molecule has 6 heteroatoms. The predicted octanol–water partition coefficient (Wildman–Crippen LogP) is 1.70. The van der Waals surface area contributed by atoms with Crippen LogP contribution in [0.3, 0.4) is 0 Å². The molecule has 0 aliphatic carbocycles. The number of nitrogens with one attached hydrogen (secondary N) is 1. The third-order valence-corrected chi connectivity index (χ3v) is 2.69. The van der Waals surface area contributed by atoms with Crippen LogP contribution in [0.25, 0.3) is 11.4 Å². The third kappa shape index (κ3) is 1.91. The van der Waals surface area contributed by atoms with Gasteiger partial charge in [0.05, 0.1) is 5.92 Å². The lowest BCUT2D eigenvalue weighted by Gasteiger charge is -2.22. The quantitative estimate of drug-likeness (QED) is 0.863. The van der Waals surface area contributed by atoms with Crippen LogP contribution in [0.5, 0.6) is 0 Å². The first-order valence-corrected chi connectivity index (χ1v) is 5.23. The minimum Gasteiger partial charge on any atom is -0.339 e. The van der Waals surface area contributed by atoms with E-state index in [9.17, 15) is 8.78 Å². The highest BCUT2D eigenvalue weighted by Gasteiger charge is 2.25. The Morgan fingerprint density at radius 2 is 1.88 bits per heavy atom. The molecule has 88 valence electrons. The average Bonchev–Trinajstić information content (AvgIpc) is 2.62. The van der Waals surface area contributed by atoms with Crippen molar-refractivity contribution in [3.63, 3.8) is 0 Å². The molecule has 2 aromatic rings. The molecule has 2 heterocycles. The summed E-state index contributed by atoms with van der Waals surface area (Å²) in [6, 6.07) is 3.16. The van der Waals surface area contributed by atoms with Crippen molar-refractivity contribution in [3.05, 3.63) is 35.7 Å². The van der Waals surface area contributed by atoms with Gasteiger partial charge in [-0.1, -0.05) is 5.16 Å². The topological polar surface area (TPSA) is 51.0 Å². The second kappa shape index (κ2) is 3.89. The molecule has 1 aliphatic heterocycles. The van der Waals surface area contributed by atoms with Gasteiger partial charge in [-0.2, -0.15) is 4.98 Å². The van der Waals surface area contributed by atoms with Crippen LogP contribution in [0.2, 0.25) is 0 Å². The molecule has 3 rings (SSSR count).